The quantitative estimate of drug-likeness (QED) is 0.824. The summed E-state index contributed by atoms with van der Waals surface area (Å²) in [5.74, 6) is 0. The molecule has 0 saturated carbocycles. The van der Waals surface area contributed by atoms with Crippen LogP contribution in [0.1, 0.15) is 24.1 Å². The molecule has 2 N–H and O–H groups in total. The minimum Gasteiger partial charge on any atom is -0.330 e. The van der Waals surface area contributed by atoms with Crippen molar-refractivity contribution in [3.63, 3.8) is 0 Å². The summed E-state index contributed by atoms with van der Waals surface area (Å²) in [5, 5.41) is 0. The molecule has 0 fully saturated rings. The topological polar surface area (TPSA) is 43.8 Å². The van der Waals surface area contributed by atoms with Crippen molar-refractivity contribution in [1.29, 1.82) is 0 Å². The van der Waals surface area contributed by atoms with Gasteiger partial charge in [-0.1, -0.05) is 24.3 Å². The lowest BCUT2D eigenvalue weighted by atomic mass is 10.0. The highest BCUT2D eigenvalue weighted by molar-refractivity contribution is 5.30. The Bertz CT molecular complexity index is 420. The van der Waals surface area contributed by atoms with Gasteiger partial charge in [0.05, 0.1) is 12.4 Å². The fourth-order valence-electron chi connectivity index (χ4n) is 1.79. The Kier molecular flexibility index (Phi) is 2.83. The fraction of sp³-hybridized carbons (Fsp3) is 0.250. The summed E-state index contributed by atoms with van der Waals surface area (Å²) in [6.45, 7) is 2.73. The first-order chi connectivity index (χ1) is 7.33. The van der Waals surface area contributed by atoms with Crippen molar-refractivity contribution < 1.29 is 0 Å². The Balaban J connectivity index is 2.37. The molecule has 3 heteroatoms. The molecule has 0 aliphatic heterocycles. The average molecular weight is 201 g/mol. The Labute approximate surface area is 89.6 Å². The lowest BCUT2D eigenvalue weighted by Gasteiger charge is -2.16. The molecule has 0 radical (unpaired) electrons. The Hall–Kier alpha value is -1.61. The van der Waals surface area contributed by atoms with Gasteiger partial charge in [0.2, 0.25) is 0 Å². The molecule has 1 unspecified atom stereocenters. The van der Waals surface area contributed by atoms with Crippen LogP contribution in [0.4, 0.5) is 0 Å². The maximum Gasteiger partial charge on any atom is 0.0951 e. The van der Waals surface area contributed by atoms with Crippen LogP contribution in [0.2, 0.25) is 0 Å². The van der Waals surface area contributed by atoms with Crippen LogP contribution < -0.4 is 5.73 Å². The van der Waals surface area contributed by atoms with Crippen molar-refractivity contribution in [2.45, 2.75) is 19.5 Å². The summed E-state index contributed by atoms with van der Waals surface area (Å²) in [5.41, 5.74) is 8.17. The van der Waals surface area contributed by atoms with Crippen LogP contribution in [-0.4, -0.2) is 9.55 Å². The van der Waals surface area contributed by atoms with Crippen LogP contribution >= 0.6 is 0 Å². The van der Waals surface area contributed by atoms with E-state index < -0.39 is 0 Å². The molecule has 1 aromatic heterocycles. The summed E-state index contributed by atoms with van der Waals surface area (Å²) in [4.78, 5) is 4.06. The lowest BCUT2D eigenvalue weighted by Crippen LogP contribution is -2.09. The van der Waals surface area contributed by atoms with Crippen molar-refractivity contribution in [3.8, 4) is 0 Å². The summed E-state index contributed by atoms with van der Waals surface area (Å²) < 4.78 is 2.08. The average Bonchev–Trinajstić information content (AvgIpc) is 2.81. The van der Waals surface area contributed by atoms with E-state index in [9.17, 15) is 0 Å². The molecule has 0 bridgehead atoms. The van der Waals surface area contributed by atoms with E-state index >= 15 is 0 Å². The SMILES string of the molecule is CC(c1ccccc1CN)n1ccnc1. The molecule has 2 rings (SSSR count). The van der Waals surface area contributed by atoms with Crippen LogP contribution in [0.5, 0.6) is 0 Å². The van der Waals surface area contributed by atoms with E-state index in [1.54, 1.807) is 6.20 Å². The first-order valence-corrected chi connectivity index (χ1v) is 5.08. The summed E-state index contributed by atoms with van der Waals surface area (Å²) in [6, 6.07) is 8.54. The third-order valence-electron chi connectivity index (χ3n) is 2.70. The molecule has 78 valence electrons. The molecule has 2 aromatic rings. The van der Waals surface area contributed by atoms with Crippen LogP contribution in [0.3, 0.4) is 0 Å². The number of hydrogen-bond acceptors (Lipinski definition) is 2. The largest absolute Gasteiger partial charge is 0.330 e. The molecule has 1 atom stereocenters. The van der Waals surface area contributed by atoms with E-state index in [4.69, 9.17) is 5.73 Å². The highest BCUT2D eigenvalue weighted by Gasteiger charge is 2.09. The van der Waals surface area contributed by atoms with Gasteiger partial charge >= 0.3 is 0 Å². The Morgan fingerprint density at radius 3 is 2.87 bits per heavy atom. The minimum absolute atomic E-state index is 0.284. The molecule has 0 saturated heterocycles. The van der Waals surface area contributed by atoms with Gasteiger partial charge in [0.15, 0.2) is 0 Å². The van der Waals surface area contributed by atoms with Crippen molar-refractivity contribution in [1.82, 2.24) is 9.55 Å². The first-order valence-electron chi connectivity index (χ1n) is 5.08. The molecule has 0 amide bonds. The standard InChI is InChI=1S/C12H15N3/c1-10(15-7-6-14-9-15)12-5-3-2-4-11(12)8-13/h2-7,9-10H,8,13H2,1H3. The summed E-state index contributed by atoms with van der Waals surface area (Å²) in [7, 11) is 0. The van der Waals surface area contributed by atoms with E-state index in [1.807, 2.05) is 24.7 Å². The van der Waals surface area contributed by atoms with Gasteiger partial charge in [0.25, 0.3) is 0 Å². The normalized spacial score (nSPS) is 12.7. The third kappa shape index (κ3) is 1.92. The number of aromatic nitrogens is 2. The van der Waals surface area contributed by atoms with Gasteiger partial charge in [-0.05, 0) is 18.1 Å². The molecule has 3 nitrogen and oxygen atoms in total. The second-order valence-corrected chi connectivity index (χ2v) is 3.59. The van der Waals surface area contributed by atoms with Crippen LogP contribution in [0, 0.1) is 0 Å². The molecule has 1 aromatic carbocycles. The molecule has 0 spiro atoms. The number of hydrogen-bond donors (Lipinski definition) is 1. The van der Waals surface area contributed by atoms with Crippen LogP contribution in [-0.2, 0) is 6.54 Å². The molecule has 15 heavy (non-hydrogen) atoms. The molecule has 1 heterocycles. The zero-order valence-corrected chi connectivity index (χ0v) is 8.80. The van der Waals surface area contributed by atoms with Crippen LogP contribution in [0.25, 0.3) is 0 Å². The number of imidazole rings is 1. The number of rotatable bonds is 3. The van der Waals surface area contributed by atoms with E-state index in [0.717, 1.165) is 0 Å². The Morgan fingerprint density at radius 2 is 2.20 bits per heavy atom. The van der Waals surface area contributed by atoms with Gasteiger partial charge in [0, 0.05) is 18.9 Å². The number of nitrogens with zero attached hydrogens (tertiary/aromatic N) is 2. The molecular formula is C12H15N3. The van der Waals surface area contributed by atoms with E-state index in [1.165, 1.54) is 11.1 Å². The van der Waals surface area contributed by atoms with Gasteiger partial charge < -0.3 is 10.3 Å². The van der Waals surface area contributed by atoms with Gasteiger partial charge in [0.1, 0.15) is 0 Å². The van der Waals surface area contributed by atoms with Crippen molar-refractivity contribution in [2.24, 2.45) is 5.73 Å². The molecule has 0 aliphatic carbocycles. The summed E-state index contributed by atoms with van der Waals surface area (Å²) >= 11 is 0. The number of benzene rings is 1. The van der Waals surface area contributed by atoms with Gasteiger partial charge in [-0.15, -0.1) is 0 Å². The highest BCUT2D eigenvalue weighted by Crippen LogP contribution is 2.20. The fourth-order valence-corrected chi connectivity index (χ4v) is 1.79. The zero-order chi connectivity index (χ0) is 10.7. The zero-order valence-electron chi connectivity index (χ0n) is 8.80. The maximum atomic E-state index is 5.72. The second-order valence-electron chi connectivity index (χ2n) is 3.59. The maximum absolute atomic E-state index is 5.72. The lowest BCUT2D eigenvalue weighted by molar-refractivity contribution is 0.631. The van der Waals surface area contributed by atoms with E-state index in [-0.39, 0.29) is 6.04 Å². The Morgan fingerprint density at radius 1 is 1.40 bits per heavy atom. The van der Waals surface area contributed by atoms with Crippen molar-refractivity contribution in [2.75, 3.05) is 0 Å². The van der Waals surface area contributed by atoms with Crippen molar-refractivity contribution in [3.05, 3.63) is 54.1 Å². The predicted octanol–water partition coefficient (Wildman–Crippen LogP) is 1.95. The van der Waals surface area contributed by atoms with Gasteiger partial charge in [-0.3, -0.25) is 0 Å². The smallest absolute Gasteiger partial charge is 0.0951 e. The minimum atomic E-state index is 0.284. The van der Waals surface area contributed by atoms with Crippen molar-refractivity contribution >= 4 is 0 Å². The third-order valence-corrected chi connectivity index (χ3v) is 2.70. The van der Waals surface area contributed by atoms with E-state index in [2.05, 4.69) is 28.6 Å². The molecular weight excluding hydrogens is 186 g/mol. The van der Waals surface area contributed by atoms with Gasteiger partial charge in [-0.2, -0.15) is 0 Å². The van der Waals surface area contributed by atoms with Crippen LogP contribution in [0.15, 0.2) is 43.0 Å². The molecule has 0 aliphatic rings. The first kappa shape index (κ1) is 9.93. The van der Waals surface area contributed by atoms with Gasteiger partial charge in [-0.25, -0.2) is 4.98 Å². The predicted molar refractivity (Wildman–Crippen MR) is 60.4 cm³/mol. The van der Waals surface area contributed by atoms with E-state index in [0.29, 0.717) is 6.54 Å². The number of nitrogens with two attached hydrogens (primary N) is 1. The highest BCUT2D eigenvalue weighted by atomic mass is 15.0. The second kappa shape index (κ2) is 4.28. The monoisotopic (exact) mass is 201 g/mol. The summed E-state index contributed by atoms with van der Waals surface area (Å²) in [6.07, 6.45) is 5.59.